The van der Waals surface area contributed by atoms with Crippen LogP contribution in [-0.4, -0.2) is 44.7 Å². The Bertz CT molecular complexity index is 622. The highest BCUT2D eigenvalue weighted by Gasteiger charge is 2.42. The van der Waals surface area contributed by atoms with E-state index in [1.807, 2.05) is 0 Å². The number of rotatable bonds is 5. The zero-order valence-electron chi connectivity index (χ0n) is 14.4. The molecule has 0 bridgehead atoms. The average Bonchev–Trinajstić information content (AvgIpc) is 3.11. The third kappa shape index (κ3) is 5.90. The number of alkyl halides is 3. The fraction of sp³-hybridized carbons (Fsp3) is 0.588. The van der Waals surface area contributed by atoms with Gasteiger partial charge >= 0.3 is 6.36 Å². The number of aliphatic imine (C=N–C) groups is 1. The minimum absolute atomic E-state index is 0. The lowest BCUT2D eigenvalue weighted by Crippen LogP contribution is -2.42. The van der Waals surface area contributed by atoms with Crippen LogP contribution in [0.3, 0.4) is 0 Å². The van der Waals surface area contributed by atoms with Crippen LogP contribution in [0.2, 0.25) is 0 Å². The maximum atomic E-state index is 12.5. The van der Waals surface area contributed by atoms with Gasteiger partial charge in [0.25, 0.3) is 0 Å². The number of hydrogen-bond acceptors (Lipinski definition) is 3. The molecular formula is C17H23F3IN3O2. The first-order chi connectivity index (χ1) is 12.0. The SMILES string of the molecule is CN=C(NCC1CCCO1)NC1CC1c1ccccc1OC(F)(F)F.I. The molecule has 0 radical (unpaired) electrons. The molecule has 1 heterocycles. The molecule has 0 amide bonds. The standard InChI is InChI=1S/C17H22F3N3O2.HI/c1-21-16(22-10-11-5-4-8-24-11)23-14-9-13(14)12-6-2-3-7-15(12)25-17(18,19)20;/h2-3,6-7,11,13-14H,4-5,8-10H2,1H3,(H2,21,22,23);1H. The van der Waals surface area contributed by atoms with E-state index >= 15 is 0 Å². The third-order valence-corrected chi connectivity index (χ3v) is 4.40. The number of hydrogen-bond donors (Lipinski definition) is 2. The number of guanidine groups is 1. The van der Waals surface area contributed by atoms with Crippen molar-refractivity contribution in [1.82, 2.24) is 10.6 Å². The fourth-order valence-corrected chi connectivity index (χ4v) is 3.09. The normalized spacial score (nSPS) is 25.4. The molecular weight excluding hydrogens is 462 g/mol. The van der Waals surface area contributed by atoms with Gasteiger partial charge in [-0.25, -0.2) is 0 Å². The van der Waals surface area contributed by atoms with Gasteiger partial charge in [-0.2, -0.15) is 0 Å². The maximum Gasteiger partial charge on any atom is 0.573 e. The quantitative estimate of drug-likeness (QED) is 0.382. The molecule has 2 fully saturated rings. The van der Waals surface area contributed by atoms with Crippen molar-refractivity contribution in [2.45, 2.75) is 43.7 Å². The van der Waals surface area contributed by atoms with Crippen molar-refractivity contribution in [2.24, 2.45) is 4.99 Å². The van der Waals surface area contributed by atoms with E-state index in [1.165, 1.54) is 12.1 Å². The molecule has 9 heteroatoms. The van der Waals surface area contributed by atoms with Crippen LogP contribution < -0.4 is 15.4 Å². The van der Waals surface area contributed by atoms with E-state index < -0.39 is 6.36 Å². The smallest absolute Gasteiger partial charge is 0.405 e. The molecule has 1 aromatic rings. The van der Waals surface area contributed by atoms with E-state index in [2.05, 4.69) is 20.4 Å². The molecule has 1 saturated heterocycles. The monoisotopic (exact) mass is 485 g/mol. The Morgan fingerprint density at radius 3 is 2.77 bits per heavy atom. The highest BCUT2D eigenvalue weighted by Crippen LogP contribution is 2.45. The Labute approximate surface area is 167 Å². The van der Waals surface area contributed by atoms with Crippen LogP contribution in [0.5, 0.6) is 5.75 Å². The lowest BCUT2D eigenvalue weighted by atomic mass is 10.1. The summed E-state index contributed by atoms with van der Waals surface area (Å²) in [4.78, 5) is 4.17. The van der Waals surface area contributed by atoms with Crippen molar-refractivity contribution in [3.05, 3.63) is 29.8 Å². The largest absolute Gasteiger partial charge is 0.573 e. The number of para-hydroxylation sites is 1. The summed E-state index contributed by atoms with van der Waals surface area (Å²) in [5.41, 5.74) is 0.562. The van der Waals surface area contributed by atoms with E-state index in [0.717, 1.165) is 25.9 Å². The molecule has 2 N–H and O–H groups in total. The second-order valence-electron chi connectivity index (χ2n) is 6.27. The Hall–Kier alpha value is -1.23. The Morgan fingerprint density at radius 2 is 2.12 bits per heavy atom. The van der Waals surface area contributed by atoms with Gasteiger partial charge in [-0.05, 0) is 30.9 Å². The van der Waals surface area contributed by atoms with Crippen LogP contribution in [0.1, 0.15) is 30.7 Å². The second-order valence-corrected chi connectivity index (χ2v) is 6.27. The molecule has 3 unspecified atom stereocenters. The minimum Gasteiger partial charge on any atom is -0.405 e. The van der Waals surface area contributed by atoms with Crippen molar-refractivity contribution in [1.29, 1.82) is 0 Å². The van der Waals surface area contributed by atoms with Gasteiger partial charge in [-0.15, -0.1) is 37.1 Å². The first-order valence-corrected chi connectivity index (χ1v) is 8.39. The predicted octanol–water partition coefficient (Wildman–Crippen LogP) is 3.40. The van der Waals surface area contributed by atoms with Gasteiger partial charge in [0.1, 0.15) is 5.75 Å². The van der Waals surface area contributed by atoms with E-state index in [1.54, 1.807) is 19.2 Å². The van der Waals surface area contributed by atoms with Crippen LogP contribution in [-0.2, 0) is 4.74 Å². The van der Waals surface area contributed by atoms with Gasteiger partial charge in [0.05, 0.1) is 6.10 Å². The zero-order valence-corrected chi connectivity index (χ0v) is 16.7. The average molecular weight is 485 g/mol. The number of ether oxygens (including phenoxy) is 2. The Kier molecular flexibility index (Phi) is 7.39. The third-order valence-electron chi connectivity index (χ3n) is 4.40. The molecule has 146 valence electrons. The van der Waals surface area contributed by atoms with Gasteiger partial charge in [-0.3, -0.25) is 4.99 Å². The molecule has 1 aliphatic carbocycles. The molecule has 3 atom stereocenters. The fourth-order valence-electron chi connectivity index (χ4n) is 3.09. The van der Waals surface area contributed by atoms with E-state index in [-0.39, 0.29) is 47.8 Å². The second kappa shape index (κ2) is 9.12. The lowest BCUT2D eigenvalue weighted by molar-refractivity contribution is -0.274. The summed E-state index contributed by atoms with van der Waals surface area (Å²) in [6.07, 6.45) is -1.67. The molecule has 1 aromatic carbocycles. The molecule has 5 nitrogen and oxygen atoms in total. The highest BCUT2D eigenvalue weighted by molar-refractivity contribution is 14.0. The Morgan fingerprint density at radius 1 is 1.35 bits per heavy atom. The number of nitrogens with zero attached hydrogens (tertiary/aromatic N) is 1. The van der Waals surface area contributed by atoms with E-state index in [9.17, 15) is 13.2 Å². The summed E-state index contributed by atoms with van der Waals surface area (Å²) >= 11 is 0. The van der Waals surface area contributed by atoms with Crippen molar-refractivity contribution in [3.63, 3.8) is 0 Å². The molecule has 0 aromatic heterocycles. The van der Waals surface area contributed by atoms with Gasteiger partial charge in [0, 0.05) is 32.2 Å². The zero-order chi connectivity index (χ0) is 17.9. The van der Waals surface area contributed by atoms with Gasteiger partial charge in [0.2, 0.25) is 0 Å². The molecule has 2 aliphatic rings. The van der Waals surface area contributed by atoms with Crippen molar-refractivity contribution < 1.29 is 22.6 Å². The van der Waals surface area contributed by atoms with Crippen LogP contribution in [0, 0.1) is 0 Å². The number of benzene rings is 1. The van der Waals surface area contributed by atoms with Crippen LogP contribution in [0.4, 0.5) is 13.2 Å². The number of halogens is 4. The Balaban J connectivity index is 0.00000243. The summed E-state index contributed by atoms with van der Waals surface area (Å²) in [6, 6.07) is 6.32. The van der Waals surface area contributed by atoms with Crippen LogP contribution >= 0.6 is 24.0 Å². The van der Waals surface area contributed by atoms with Gasteiger partial charge < -0.3 is 20.1 Å². The topological polar surface area (TPSA) is 54.9 Å². The van der Waals surface area contributed by atoms with Crippen LogP contribution in [0.25, 0.3) is 0 Å². The highest BCUT2D eigenvalue weighted by atomic mass is 127. The van der Waals surface area contributed by atoms with Gasteiger partial charge in [0.15, 0.2) is 5.96 Å². The summed E-state index contributed by atoms with van der Waals surface area (Å²) in [5.74, 6) is 0.476. The predicted molar refractivity (Wildman–Crippen MR) is 103 cm³/mol. The molecule has 26 heavy (non-hydrogen) atoms. The van der Waals surface area contributed by atoms with Crippen molar-refractivity contribution >= 4 is 29.9 Å². The first kappa shape index (κ1) is 21.1. The van der Waals surface area contributed by atoms with Crippen molar-refractivity contribution in [2.75, 3.05) is 20.2 Å². The van der Waals surface area contributed by atoms with Gasteiger partial charge in [-0.1, -0.05) is 18.2 Å². The summed E-state index contributed by atoms with van der Waals surface area (Å²) in [6.45, 7) is 1.46. The lowest BCUT2D eigenvalue weighted by Gasteiger charge is -2.16. The van der Waals surface area contributed by atoms with E-state index in [4.69, 9.17) is 4.74 Å². The summed E-state index contributed by atoms with van der Waals surface area (Å²) in [7, 11) is 1.67. The molecule has 3 rings (SSSR count). The minimum atomic E-state index is -4.69. The first-order valence-electron chi connectivity index (χ1n) is 8.39. The van der Waals surface area contributed by atoms with Crippen molar-refractivity contribution in [3.8, 4) is 5.75 Å². The van der Waals surface area contributed by atoms with E-state index in [0.29, 0.717) is 18.1 Å². The number of nitrogens with one attached hydrogen (secondary N) is 2. The maximum absolute atomic E-state index is 12.5. The molecule has 1 saturated carbocycles. The molecule has 0 spiro atoms. The summed E-state index contributed by atoms with van der Waals surface area (Å²) in [5, 5.41) is 6.46. The molecule has 1 aliphatic heterocycles. The van der Waals surface area contributed by atoms with Crippen LogP contribution in [0.15, 0.2) is 29.3 Å². The summed E-state index contributed by atoms with van der Waals surface area (Å²) < 4.78 is 47.3.